The first-order valence-corrected chi connectivity index (χ1v) is 8.83. The van der Waals surface area contributed by atoms with Crippen molar-refractivity contribution in [3.63, 3.8) is 0 Å². The van der Waals surface area contributed by atoms with Crippen molar-refractivity contribution in [1.82, 2.24) is 0 Å². The molecule has 0 N–H and O–H groups in total. The highest BCUT2D eigenvalue weighted by molar-refractivity contribution is 5.98. The molecule has 0 aromatic heterocycles. The maximum atomic E-state index is 12.8. The number of nitrogens with zero attached hydrogens (tertiary/aromatic N) is 2. The van der Waals surface area contributed by atoms with Crippen molar-refractivity contribution in [3.8, 4) is 5.75 Å². The summed E-state index contributed by atoms with van der Waals surface area (Å²) in [7, 11) is 1.60. The second-order valence-corrected chi connectivity index (χ2v) is 6.56. The van der Waals surface area contributed by atoms with Gasteiger partial charge in [0.05, 0.1) is 7.11 Å². The van der Waals surface area contributed by atoms with Crippen LogP contribution in [0.5, 0.6) is 5.75 Å². The minimum Gasteiger partial charge on any atom is -0.497 e. The minimum absolute atomic E-state index is 0.0437. The molecule has 1 atom stereocenters. The molecule has 1 heterocycles. The maximum absolute atomic E-state index is 12.8. The fourth-order valence-corrected chi connectivity index (χ4v) is 3.50. The Morgan fingerprint density at radius 3 is 2.50 bits per heavy atom. The number of rotatable bonds is 5. The zero-order chi connectivity index (χ0) is 18.7. The van der Waals surface area contributed by atoms with Crippen LogP contribution in [-0.2, 0) is 16.0 Å². The molecule has 5 nitrogen and oxygen atoms in total. The molecule has 0 saturated carbocycles. The number of carbonyl (C=O) groups excluding carboxylic acids is 2. The zero-order valence-electron chi connectivity index (χ0n) is 15.4. The Kier molecular flexibility index (Phi) is 5.26. The van der Waals surface area contributed by atoms with Crippen molar-refractivity contribution < 1.29 is 14.3 Å². The Bertz CT molecular complexity index is 801. The van der Waals surface area contributed by atoms with Gasteiger partial charge in [-0.25, -0.2) is 0 Å². The number of methoxy groups -OCH3 is 1. The Labute approximate surface area is 154 Å². The average molecular weight is 352 g/mol. The van der Waals surface area contributed by atoms with Gasteiger partial charge in [-0.1, -0.05) is 18.2 Å². The highest BCUT2D eigenvalue weighted by atomic mass is 16.5. The number of anilines is 2. The summed E-state index contributed by atoms with van der Waals surface area (Å²) in [5.41, 5.74) is 2.96. The number of hydrogen-bond acceptors (Lipinski definition) is 3. The second-order valence-electron chi connectivity index (χ2n) is 6.56. The molecule has 1 unspecified atom stereocenters. The third-order valence-corrected chi connectivity index (χ3v) is 4.79. The number of amides is 2. The Hall–Kier alpha value is -2.82. The first-order valence-electron chi connectivity index (χ1n) is 8.83. The van der Waals surface area contributed by atoms with E-state index in [1.54, 1.807) is 12.0 Å². The van der Waals surface area contributed by atoms with Crippen molar-refractivity contribution >= 4 is 23.2 Å². The molecule has 2 amide bonds. The molecule has 136 valence electrons. The normalized spacial score (nSPS) is 15.5. The highest BCUT2D eigenvalue weighted by Crippen LogP contribution is 2.32. The van der Waals surface area contributed by atoms with Gasteiger partial charge in [-0.05, 0) is 49.2 Å². The number of hydrogen-bond donors (Lipinski definition) is 0. The molecular formula is C21H24N2O3. The molecule has 1 aliphatic rings. The SMILES string of the molecule is COc1ccc(N(CCC(=O)N2c3ccccc3CC2C)C(C)=O)cc1. The van der Waals surface area contributed by atoms with Crippen molar-refractivity contribution in [1.29, 1.82) is 0 Å². The molecule has 1 aliphatic heterocycles. The standard InChI is InChI=1S/C21H24N2O3/c1-15-14-17-6-4-5-7-20(17)23(15)21(25)12-13-22(16(2)24)18-8-10-19(26-3)11-9-18/h4-11,15H,12-14H2,1-3H3. The summed E-state index contributed by atoms with van der Waals surface area (Å²) < 4.78 is 5.16. The van der Waals surface area contributed by atoms with E-state index in [1.165, 1.54) is 12.5 Å². The van der Waals surface area contributed by atoms with Crippen LogP contribution in [-0.4, -0.2) is 31.5 Å². The van der Waals surface area contributed by atoms with E-state index in [0.717, 1.165) is 23.5 Å². The fourth-order valence-electron chi connectivity index (χ4n) is 3.50. The van der Waals surface area contributed by atoms with Crippen LogP contribution in [0.3, 0.4) is 0 Å². The van der Waals surface area contributed by atoms with Crippen LogP contribution < -0.4 is 14.5 Å². The smallest absolute Gasteiger partial charge is 0.229 e. The van der Waals surface area contributed by atoms with Gasteiger partial charge in [-0.15, -0.1) is 0 Å². The van der Waals surface area contributed by atoms with Crippen LogP contribution in [0, 0.1) is 0 Å². The van der Waals surface area contributed by atoms with Crippen LogP contribution in [0.1, 0.15) is 25.8 Å². The van der Waals surface area contributed by atoms with Crippen molar-refractivity contribution in [2.24, 2.45) is 0 Å². The Balaban J connectivity index is 1.71. The van der Waals surface area contributed by atoms with E-state index < -0.39 is 0 Å². The molecule has 0 radical (unpaired) electrons. The maximum Gasteiger partial charge on any atom is 0.229 e. The van der Waals surface area contributed by atoms with E-state index in [1.807, 2.05) is 47.4 Å². The van der Waals surface area contributed by atoms with E-state index >= 15 is 0 Å². The molecule has 0 bridgehead atoms. The molecule has 0 saturated heterocycles. The summed E-state index contributed by atoms with van der Waals surface area (Å²) >= 11 is 0. The van der Waals surface area contributed by atoms with E-state index in [9.17, 15) is 9.59 Å². The van der Waals surface area contributed by atoms with E-state index in [2.05, 4.69) is 13.0 Å². The molecule has 2 aromatic carbocycles. The molecule has 5 heteroatoms. The average Bonchev–Trinajstić information content (AvgIpc) is 2.97. The summed E-state index contributed by atoms with van der Waals surface area (Å²) in [6.07, 6.45) is 1.15. The second kappa shape index (κ2) is 7.60. The van der Waals surface area contributed by atoms with Gasteiger partial charge in [-0.3, -0.25) is 9.59 Å². The van der Waals surface area contributed by atoms with E-state index in [4.69, 9.17) is 4.74 Å². The van der Waals surface area contributed by atoms with Crippen LogP contribution in [0.4, 0.5) is 11.4 Å². The quantitative estimate of drug-likeness (QED) is 0.828. The van der Waals surface area contributed by atoms with Gasteiger partial charge in [0, 0.05) is 37.3 Å². The van der Waals surface area contributed by atoms with Crippen molar-refractivity contribution in [3.05, 3.63) is 54.1 Å². The van der Waals surface area contributed by atoms with Crippen LogP contribution in [0.2, 0.25) is 0 Å². The number of ether oxygens (including phenoxy) is 1. The monoisotopic (exact) mass is 352 g/mol. The number of benzene rings is 2. The van der Waals surface area contributed by atoms with Crippen molar-refractivity contribution in [2.75, 3.05) is 23.5 Å². The summed E-state index contributed by atoms with van der Waals surface area (Å²) in [5, 5.41) is 0. The summed E-state index contributed by atoms with van der Waals surface area (Å²) in [6, 6.07) is 15.4. The largest absolute Gasteiger partial charge is 0.497 e. The summed E-state index contributed by atoms with van der Waals surface area (Å²) in [4.78, 5) is 28.4. The van der Waals surface area contributed by atoms with Gasteiger partial charge in [0.1, 0.15) is 5.75 Å². The summed E-state index contributed by atoms with van der Waals surface area (Å²) in [6.45, 7) is 3.93. The number of carbonyl (C=O) groups is 2. The van der Waals surface area contributed by atoms with Gasteiger partial charge >= 0.3 is 0 Å². The lowest BCUT2D eigenvalue weighted by Gasteiger charge is -2.26. The molecule has 3 rings (SSSR count). The third-order valence-electron chi connectivity index (χ3n) is 4.79. The molecule has 2 aromatic rings. The Morgan fingerprint density at radius 2 is 1.85 bits per heavy atom. The zero-order valence-corrected chi connectivity index (χ0v) is 15.4. The van der Waals surface area contributed by atoms with E-state index in [-0.39, 0.29) is 24.3 Å². The van der Waals surface area contributed by atoms with Gasteiger partial charge in [-0.2, -0.15) is 0 Å². The fraction of sp³-hybridized carbons (Fsp3) is 0.333. The number of para-hydroxylation sites is 1. The molecule has 0 aliphatic carbocycles. The van der Waals surface area contributed by atoms with Gasteiger partial charge in [0.15, 0.2) is 0 Å². The van der Waals surface area contributed by atoms with Crippen LogP contribution >= 0.6 is 0 Å². The third kappa shape index (κ3) is 3.57. The van der Waals surface area contributed by atoms with Gasteiger partial charge in [0.25, 0.3) is 0 Å². The lowest BCUT2D eigenvalue weighted by atomic mass is 10.1. The lowest BCUT2D eigenvalue weighted by Crippen LogP contribution is -2.39. The number of fused-ring (bicyclic) bond motifs is 1. The first-order chi connectivity index (χ1) is 12.5. The minimum atomic E-state index is -0.0853. The predicted octanol–water partition coefficient (Wildman–Crippen LogP) is 3.42. The molecular weight excluding hydrogens is 328 g/mol. The van der Waals surface area contributed by atoms with Crippen molar-refractivity contribution in [2.45, 2.75) is 32.7 Å². The summed E-state index contributed by atoms with van der Waals surface area (Å²) in [5.74, 6) is 0.691. The molecule has 26 heavy (non-hydrogen) atoms. The van der Waals surface area contributed by atoms with Crippen LogP contribution in [0.15, 0.2) is 48.5 Å². The van der Waals surface area contributed by atoms with E-state index in [0.29, 0.717) is 6.54 Å². The Morgan fingerprint density at radius 1 is 1.15 bits per heavy atom. The predicted molar refractivity (Wildman–Crippen MR) is 103 cm³/mol. The van der Waals surface area contributed by atoms with Crippen LogP contribution in [0.25, 0.3) is 0 Å². The topological polar surface area (TPSA) is 49.9 Å². The highest BCUT2D eigenvalue weighted by Gasteiger charge is 2.30. The van der Waals surface area contributed by atoms with Gasteiger partial charge < -0.3 is 14.5 Å². The lowest BCUT2D eigenvalue weighted by molar-refractivity contribution is -0.119. The molecule has 0 spiro atoms. The molecule has 0 fully saturated rings. The van der Waals surface area contributed by atoms with Gasteiger partial charge in [0.2, 0.25) is 11.8 Å². The first kappa shape index (κ1) is 18.0.